The van der Waals surface area contributed by atoms with Crippen molar-refractivity contribution in [3.63, 3.8) is 0 Å². The normalized spacial score (nSPS) is 24.6. The van der Waals surface area contributed by atoms with Crippen LogP contribution < -0.4 is 5.32 Å². The summed E-state index contributed by atoms with van der Waals surface area (Å²) in [5, 5.41) is 8.54. The minimum absolute atomic E-state index is 0.531. The van der Waals surface area contributed by atoms with Crippen molar-refractivity contribution in [1.29, 1.82) is 0 Å². The summed E-state index contributed by atoms with van der Waals surface area (Å²) < 4.78 is 2.25. The van der Waals surface area contributed by atoms with Crippen molar-refractivity contribution >= 4 is 0 Å². The third-order valence-electron chi connectivity index (χ3n) is 4.23. The Labute approximate surface area is 104 Å². The van der Waals surface area contributed by atoms with Gasteiger partial charge in [0, 0.05) is 12.2 Å². The molecule has 3 nitrogen and oxygen atoms in total. The van der Waals surface area contributed by atoms with Crippen molar-refractivity contribution in [3.8, 4) is 0 Å². The molecule has 0 aromatic carbocycles. The van der Waals surface area contributed by atoms with Crippen LogP contribution in [-0.2, 0) is 19.4 Å². The van der Waals surface area contributed by atoms with E-state index in [-0.39, 0.29) is 0 Å². The van der Waals surface area contributed by atoms with Crippen molar-refractivity contribution in [2.45, 2.75) is 64.5 Å². The lowest BCUT2D eigenvalue weighted by atomic mass is 9.91. The Morgan fingerprint density at radius 1 is 1.24 bits per heavy atom. The highest BCUT2D eigenvalue weighted by atomic mass is 15.3. The summed E-state index contributed by atoms with van der Waals surface area (Å²) in [6, 6.07) is 0.531. The summed E-state index contributed by atoms with van der Waals surface area (Å²) >= 11 is 0. The van der Waals surface area contributed by atoms with E-state index in [2.05, 4.69) is 16.9 Å². The molecule has 3 rings (SSSR count). The summed E-state index contributed by atoms with van der Waals surface area (Å²) in [6.45, 7) is 4.40. The van der Waals surface area contributed by atoms with Gasteiger partial charge in [0.1, 0.15) is 0 Å². The molecule has 0 saturated carbocycles. The molecule has 1 fully saturated rings. The average Bonchev–Trinajstić information content (AvgIpc) is 2.78. The zero-order valence-electron chi connectivity index (χ0n) is 10.8. The van der Waals surface area contributed by atoms with Gasteiger partial charge in [-0.3, -0.25) is 4.68 Å². The van der Waals surface area contributed by atoms with E-state index in [9.17, 15) is 0 Å². The minimum atomic E-state index is 0.531. The molecule has 1 atom stereocenters. The Hall–Kier alpha value is -0.830. The van der Waals surface area contributed by atoms with Crippen LogP contribution in [0.3, 0.4) is 0 Å². The SMILES string of the molecule is CCn1nc([C@H]2CCCCN2)c2c1CCCC2. The van der Waals surface area contributed by atoms with Gasteiger partial charge >= 0.3 is 0 Å². The maximum absolute atomic E-state index is 4.89. The van der Waals surface area contributed by atoms with Gasteiger partial charge in [-0.25, -0.2) is 0 Å². The van der Waals surface area contributed by atoms with E-state index in [0.717, 1.165) is 6.54 Å². The van der Waals surface area contributed by atoms with Crippen molar-refractivity contribution in [1.82, 2.24) is 15.1 Å². The van der Waals surface area contributed by atoms with E-state index in [0.29, 0.717) is 6.04 Å². The zero-order chi connectivity index (χ0) is 11.7. The number of aryl methyl sites for hydroxylation is 1. The summed E-state index contributed by atoms with van der Waals surface area (Å²) in [5.41, 5.74) is 4.49. The van der Waals surface area contributed by atoms with Gasteiger partial charge in [0.05, 0.1) is 11.7 Å². The summed E-state index contributed by atoms with van der Waals surface area (Å²) in [5.74, 6) is 0. The van der Waals surface area contributed by atoms with Gasteiger partial charge in [-0.05, 0) is 57.6 Å². The number of fused-ring (bicyclic) bond motifs is 1. The zero-order valence-corrected chi connectivity index (χ0v) is 10.8. The first-order valence-corrected chi connectivity index (χ1v) is 7.22. The van der Waals surface area contributed by atoms with Gasteiger partial charge in [0.25, 0.3) is 0 Å². The quantitative estimate of drug-likeness (QED) is 0.851. The molecule has 94 valence electrons. The molecule has 2 heterocycles. The molecular formula is C14H23N3. The summed E-state index contributed by atoms with van der Waals surface area (Å²) in [4.78, 5) is 0. The molecule has 0 amide bonds. The number of piperidine rings is 1. The third-order valence-corrected chi connectivity index (χ3v) is 4.23. The van der Waals surface area contributed by atoms with Crippen LogP contribution in [0.4, 0.5) is 0 Å². The molecular weight excluding hydrogens is 210 g/mol. The fraction of sp³-hybridized carbons (Fsp3) is 0.786. The predicted octanol–water partition coefficient (Wildman–Crippen LogP) is 2.60. The molecule has 0 radical (unpaired) electrons. The first-order valence-electron chi connectivity index (χ1n) is 7.22. The maximum atomic E-state index is 4.89. The first kappa shape index (κ1) is 11.3. The molecule has 1 aromatic heterocycles. The predicted molar refractivity (Wildman–Crippen MR) is 69.1 cm³/mol. The number of rotatable bonds is 2. The van der Waals surface area contributed by atoms with Gasteiger partial charge in [-0.2, -0.15) is 5.10 Å². The molecule has 1 aromatic rings. The second-order valence-electron chi connectivity index (χ2n) is 5.34. The van der Waals surface area contributed by atoms with Gasteiger partial charge < -0.3 is 5.32 Å². The number of nitrogens with one attached hydrogen (secondary N) is 1. The highest BCUT2D eigenvalue weighted by Crippen LogP contribution is 2.31. The monoisotopic (exact) mass is 233 g/mol. The van der Waals surface area contributed by atoms with E-state index >= 15 is 0 Å². The Balaban J connectivity index is 1.95. The fourth-order valence-corrected chi connectivity index (χ4v) is 3.33. The second kappa shape index (κ2) is 4.81. The lowest BCUT2D eigenvalue weighted by Crippen LogP contribution is -2.28. The van der Waals surface area contributed by atoms with Gasteiger partial charge in [-0.1, -0.05) is 6.42 Å². The van der Waals surface area contributed by atoms with E-state index in [1.807, 2.05) is 0 Å². The van der Waals surface area contributed by atoms with Crippen LogP contribution >= 0.6 is 0 Å². The van der Waals surface area contributed by atoms with Crippen LogP contribution in [0.1, 0.15) is 62.0 Å². The Morgan fingerprint density at radius 3 is 2.88 bits per heavy atom. The van der Waals surface area contributed by atoms with Crippen molar-refractivity contribution in [2.75, 3.05) is 6.54 Å². The first-order chi connectivity index (χ1) is 8.40. The lowest BCUT2D eigenvalue weighted by molar-refractivity contribution is 0.399. The molecule has 1 saturated heterocycles. The third kappa shape index (κ3) is 2.01. The molecule has 1 aliphatic heterocycles. The fourth-order valence-electron chi connectivity index (χ4n) is 3.33. The molecule has 17 heavy (non-hydrogen) atoms. The Kier molecular flexibility index (Phi) is 3.19. The molecule has 0 unspecified atom stereocenters. The van der Waals surface area contributed by atoms with Crippen LogP contribution in [0.2, 0.25) is 0 Å². The van der Waals surface area contributed by atoms with Crippen LogP contribution in [0.25, 0.3) is 0 Å². The van der Waals surface area contributed by atoms with Crippen LogP contribution in [0.5, 0.6) is 0 Å². The van der Waals surface area contributed by atoms with Crippen molar-refractivity contribution < 1.29 is 0 Å². The van der Waals surface area contributed by atoms with Crippen LogP contribution in [0, 0.1) is 0 Å². The van der Waals surface area contributed by atoms with E-state index in [1.54, 1.807) is 5.56 Å². The molecule has 3 heteroatoms. The Bertz CT molecular complexity index is 388. The van der Waals surface area contributed by atoms with Crippen molar-refractivity contribution in [2.24, 2.45) is 0 Å². The molecule has 0 bridgehead atoms. The van der Waals surface area contributed by atoms with Crippen molar-refractivity contribution in [3.05, 3.63) is 17.0 Å². The molecule has 1 N–H and O–H groups in total. The minimum Gasteiger partial charge on any atom is -0.309 e. The van der Waals surface area contributed by atoms with Gasteiger partial charge in [0.2, 0.25) is 0 Å². The largest absolute Gasteiger partial charge is 0.309 e. The standard InChI is InChI=1S/C14H23N3/c1-2-17-13-9-4-3-7-11(13)14(16-17)12-8-5-6-10-15-12/h12,15H,2-10H2,1H3/t12-/m1/s1. The number of hydrogen-bond acceptors (Lipinski definition) is 2. The van der Waals surface area contributed by atoms with Crippen LogP contribution in [0.15, 0.2) is 0 Å². The van der Waals surface area contributed by atoms with Crippen LogP contribution in [-0.4, -0.2) is 16.3 Å². The molecule has 1 aliphatic carbocycles. The number of aromatic nitrogens is 2. The number of nitrogens with zero attached hydrogens (tertiary/aromatic N) is 2. The van der Waals surface area contributed by atoms with Gasteiger partial charge in [-0.15, -0.1) is 0 Å². The maximum Gasteiger partial charge on any atom is 0.0828 e. The van der Waals surface area contributed by atoms with Gasteiger partial charge in [0.15, 0.2) is 0 Å². The summed E-state index contributed by atoms with van der Waals surface area (Å²) in [6.07, 6.45) is 9.13. The lowest BCUT2D eigenvalue weighted by Gasteiger charge is -2.23. The molecule has 0 spiro atoms. The average molecular weight is 233 g/mol. The summed E-state index contributed by atoms with van der Waals surface area (Å²) in [7, 11) is 0. The number of hydrogen-bond donors (Lipinski definition) is 1. The Morgan fingerprint density at radius 2 is 2.12 bits per heavy atom. The highest BCUT2D eigenvalue weighted by Gasteiger charge is 2.26. The molecule has 2 aliphatic rings. The second-order valence-corrected chi connectivity index (χ2v) is 5.34. The smallest absolute Gasteiger partial charge is 0.0828 e. The van der Waals surface area contributed by atoms with E-state index in [1.165, 1.54) is 62.9 Å². The van der Waals surface area contributed by atoms with E-state index < -0.39 is 0 Å². The highest BCUT2D eigenvalue weighted by molar-refractivity contribution is 5.31. The topological polar surface area (TPSA) is 29.9 Å². The van der Waals surface area contributed by atoms with E-state index in [4.69, 9.17) is 5.10 Å².